The second-order valence-corrected chi connectivity index (χ2v) is 6.73. The molecule has 0 unspecified atom stereocenters. The van der Waals surface area contributed by atoms with E-state index in [-0.39, 0.29) is 0 Å². The van der Waals surface area contributed by atoms with Crippen LogP contribution in [0.4, 0.5) is 5.13 Å². The number of hydrogen-bond donors (Lipinski definition) is 1. The minimum atomic E-state index is 0.617. The van der Waals surface area contributed by atoms with Gasteiger partial charge in [0.25, 0.3) is 0 Å². The summed E-state index contributed by atoms with van der Waals surface area (Å²) in [6.07, 6.45) is 5.67. The third-order valence-corrected chi connectivity index (χ3v) is 5.73. The molecule has 19 heavy (non-hydrogen) atoms. The van der Waals surface area contributed by atoms with Crippen LogP contribution in [-0.4, -0.2) is 42.1 Å². The molecule has 0 bridgehead atoms. The Hall–Kier alpha value is -0.650. The summed E-state index contributed by atoms with van der Waals surface area (Å²) in [5, 5.41) is 1.17. The van der Waals surface area contributed by atoms with E-state index in [1.165, 1.54) is 48.8 Å². The smallest absolute Gasteiger partial charge is 0.185 e. The fourth-order valence-electron chi connectivity index (χ4n) is 3.29. The van der Waals surface area contributed by atoms with E-state index >= 15 is 0 Å². The quantitative estimate of drug-likeness (QED) is 0.919. The fraction of sp³-hybridized carbons (Fsp3) is 0.786. The summed E-state index contributed by atoms with van der Waals surface area (Å²) in [5.74, 6) is 0. The van der Waals surface area contributed by atoms with E-state index in [1.807, 2.05) is 0 Å². The maximum atomic E-state index is 5.74. The summed E-state index contributed by atoms with van der Waals surface area (Å²) in [7, 11) is 0. The molecule has 1 aliphatic carbocycles. The Morgan fingerprint density at radius 2 is 1.89 bits per heavy atom. The van der Waals surface area contributed by atoms with Crippen molar-refractivity contribution >= 4 is 16.5 Å². The first kappa shape index (κ1) is 13.3. The number of hydrogen-bond acceptors (Lipinski definition) is 5. The van der Waals surface area contributed by atoms with Gasteiger partial charge in [-0.05, 0) is 19.8 Å². The Kier molecular flexibility index (Phi) is 4.05. The molecule has 4 nitrogen and oxygen atoms in total. The molecule has 2 N–H and O–H groups in total. The normalized spacial score (nSPS) is 22.3. The lowest BCUT2D eigenvalue weighted by molar-refractivity contribution is 0.187. The molecule has 2 aliphatic rings. The number of nitrogens with zero attached hydrogens (tertiary/aromatic N) is 3. The van der Waals surface area contributed by atoms with E-state index in [0.29, 0.717) is 6.54 Å². The van der Waals surface area contributed by atoms with Crippen LogP contribution >= 0.6 is 11.3 Å². The molecular weight excluding hydrogens is 256 g/mol. The lowest BCUT2D eigenvalue weighted by Crippen LogP contribution is -2.49. The summed E-state index contributed by atoms with van der Waals surface area (Å²) in [5.41, 5.74) is 6.85. The van der Waals surface area contributed by atoms with Crippen LogP contribution in [-0.2, 0) is 6.54 Å². The van der Waals surface area contributed by atoms with Crippen LogP contribution in [0.1, 0.15) is 36.3 Å². The van der Waals surface area contributed by atoms with Crippen LogP contribution in [0.5, 0.6) is 0 Å². The molecule has 0 radical (unpaired) electrons. The second kappa shape index (κ2) is 5.77. The topological polar surface area (TPSA) is 45.4 Å². The molecule has 0 spiro atoms. The highest BCUT2D eigenvalue weighted by atomic mass is 32.1. The number of thiazole rings is 1. The maximum absolute atomic E-state index is 5.74. The number of aryl methyl sites for hydroxylation is 1. The van der Waals surface area contributed by atoms with E-state index in [9.17, 15) is 0 Å². The van der Waals surface area contributed by atoms with Crippen molar-refractivity contribution in [1.82, 2.24) is 9.88 Å². The Balaban J connectivity index is 1.59. The third-order valence-electron chi connectivity index (χ3n) is 4.49. The zero-order chi connectivity index (χ0) is 13.2. The first-order valence-corrected chi connectivity index (χ1v) is 8.25. The minimum Gasteiger partial charge on any atom is -0.346 e. The summed E-state index contributed by atoms with van der Waals surface area (Å²) >= 11 is 1.77. The van der Waals surface area contributed by atoms with Gasteiger partial charge in [-0.3, -0.25) is 4.90 Å². The Morgan fingerprint density at radius 3 is 2.47 bits per heavy atom. The molecular formula is C14H24N4S. The number of aromatic nitrogens is 1. The molecule has 1 saturated carbocycles. The Morgan fingerprint density at radius 1 is 1.21 bits per heavy atom. The Bertz CT molecular complexity index is 417. The molecule has 1 aromatic heterocycles. The first-order valence-electron chi connectivity index (χ1n) is 7.43. The van der Waals surface area contributed by atoms with Gasteiger partial charge < -0.3 is 10.6 Å². The van der Waals surface area contributed by atoms with Gasteiger partial charge in [-0.25, -0.2) is 4.98 Å². The third kappa shape index (κ3) is 2.78. The number of nitrogens with two attached hydrogens (primary N) is 1. The van der Waals surface area contributed by atoms with Crippen molar-refractivity contribution in [3.63, 3.8) is 0 Å². The van der Waals surface area contributed by atoms with Crippen molar-refractivity contribution in [2.75, 3.05) is 31.1 Å². The Labute approximate surface area is 119 Å². The first-order chi connectivity index (χ1) is 9.28. The highest BCUT2D eigenvalue weighted by Crippen LogP contribution is 2.28. The summed E-state index contributed by atoms with van der Waals surface area (Å²) in [6.45, 7) is 7.31. The number of piperazine rings is 1. The van der Waals surface area contributed by atoms with Gasteiger partial charge in [-0.2, -0.15) is 0 Å². The predicted molar refractivity (Wildman–Crippen MR) is 80.8 cm³/mol. The van der Waals surface area contributed by atoms with Crippen LogP contribution < -0.4 is 10.6 Å². The lowest BCUT2D eigenvalue weighted by Gasteiger charge is -2.37. The molecule has 2 heterocycles. The van der Waals surface area contributed by atoms with Gasteiger partial charge >= 0.3 is 0 Å². The molecule has 1 saturated heterocycles. The van der Waals surface area contributed by atoms with Crippen molar-refractivity contribution in [2.24, 2.45) is 5.73 Å². The monoisotopic (exact) mass is 280 g/mol. The fourth-order valence-corrected chi connectivity index (χ4v) is 4.28. The van der Waals surface area contributed by atoms with Crippen LogP contribution in [0.2, 0.25) is 0 Å². The molecule has 0 aromatic carbocycles. The second-order valence-electron chi connectivity index (χ2n) is 5.67. The summed E-state index contributed by atoms with van der Waals surface area (Å²) in [6, 6.07) is 0.861. The van der Waals surface area contributed by atoms with Gasteiger partial charge in [0, 0.05) is 43.6 Å². The highest BCUT2D eigenvalue weighted by molar-refractivity contribution is 7.15. The average molecular weight is 280 g/mol. The van der Waals surface area contributed by atoms with Gasteiger partial charge in [-0.1, -0.05) is 12.8 Å². The van der Waals surface area contributed by atoms with Gasteiger partial charge in [0.15, 0.2) is 5.13 Å². The van der Waals surface area contributed by atoms with Gasteiger partial charge in [-0.15, -0.1) is 11.3 Å². The predicted octanol–water partition coefficient (Wildman–Crippen LogP) is 1.97. The number of anilines is 1. The van der Waals surface area contributed by atoms with Gasteiger partial charge in [0.05, 0.1) is 5.69 Å². The van der Waals surface area contributed by atoms with Gasteiger partial charge in [0.2, 0.25) is 0 Å². The van der Waals surface area contributed by atoms with Crippen LogP contribution in [0.25, 0.3) is 0 Å². The van der Waals surface area contributed by atoms with Crippen molar-refractivity contribution < 1.29 is 0 Å². The van der Waals surface area contributed by atoms with E-state index in [1.54, 1.807) is 11.3 Å². The van der Waals surface area contributed by atoms with E-state index in [0.717, 1.165) is 24.8 Å². The van der Waals surface area contributed by atoms with Crippen LogP contribution in [0.3, 0.4) is 0 Å². The molecule has 2 fully saturated rings. The van der Waals surface area contributed by atoms with Crippen molar-refractivity contribution in [3.8, 4) is 0 Å². The molecule has 1 aromatic rings. The van der Waals surface area contributed by atoms with Gasteiger partial charge in [0.1, 0.15) is 0 Å². The standard InChI is InChI=1S/C14H24N4S/c1-11-13(10-15)19-14(16-11)18-8-6-17(7-9-18)12-4-2-3-5-12/h12H,2-10,15H2,1H3. The minimum absolute atomic E-state index is 0.617. The maximum Gasteiger partial charge on any atom is 0.185 e. The van der Waals surface area contributed by atoms with Crippen molar-refractivity contribution in [1.29, 1.82) is 0 Å². The SMILES string of the molecule is Cc1nc(N2CCN(C3CCCC3)CC2)sc1CN. The highest BCUT2D eigenvalue weighted by Gasteiger charge is 2.27. The molecule has 0 atom stereocenters. The zero-order valence-electron chi connectivity index (χ0n) is 11.8. The zero-order valence-corrected chi connectivity index (χ0v) is 12.6. The molecule has 5 heteroatoms. The summed E-state index contributed by atoms with van der Waals surface area (Å²) < 4.78 is 0. The molecule has 0 amide bonds. The van der Waals surface area contributed by atoms with Crippen molar-refractivity contribution in [3.05, 3.63) is 10.6 Å². The van der Waals surface area contributed by atoms with Crippen LogP contribution in [0, 0.1) is 6.92 Å². The van der Waals surface area contributed by atoms with Crippen LogP contribution in [0.15, 0.2) is 0 Å². The summed E-state index contributed by atoms with van der Waals surface area (Å²) in [4.78, 5) is 11.0. The van der Waals surface area contributed by atoms with E-state index in [2.05, 4.69) is 21.7 Å². The van der Waals surface area contributed by atoms with Crippen molar-refractivity contribution in [2.45, 2.75) is 45.2 Å². The lowest BCUT2D eigenvalue weighted by atomic mass is 10.2. The average Bonchev–Trinajstić information content (AvgIpc) is 3.08. The molecule has 3 rings (SSSR count). The molecule has 106 valence electrons. The number of rotatable bonds is 3. The largest absolute Gasteiger partial charge is 0.346 e. The van der Waals surface area contributed by atoms with E-state index in [4.69, 9.17) is 5.73 Å². The molecule has 1 aliphatic heterocycles. The van der Waals surface area contributed by atoms with E-state index < -0.39 is 0 Å².